The Hall–Kier alpha value is -0.570. The van der Waals surface area contributed by atoms with Crippen LogP contribution < -0.4 is 5.32 Å². The van der Waals surface area contributed by atoms with Crippen LogP contribution in [0.3, 0.4) is 0 Å². The minimum Gasteiger partial charge on any atom is -0.384 e. The molecule has 0 aliphatic heterocycles. The topological polar surface area (TPSA) is 49.3 Å². The van der Waals surface area contributed by atoms with Gasteiger partial charge in [-0.1, -0.05) is 12.8 Å². The predicted octanol–water partition coefficient (Wildman–Crippen LogP) is 0.674. The van der Waals surface area contributed by atoms with Gasteiger partial charge in [-0.25, -0.2) is 0 Å². The fraction of sp³-hybridized carbons (Fsp3) is 0.889. The molecule has 0 aromatic heterocycles. The summed E-state index contributed by atoms with van der Waals surface area (Å²) in [5.41, 5.74) is 0. The molecule has 3 heteroatoms. The molecule has 1 fully saturated rings. The van der Waals surface area contributed by atoms with E-state index in [9.17, 15) is 4.79 Å². The van der Waals surface area contributed by atoms with E-state index >= 15 is 0 Å². The highest BCUT2D eigenvalue weighted by molar-refractivity contribution is 5.79. The Bertz CT molecular complexity index is 151. The maximum atomic E-state index is 10.9. The Balaban J connectivity index is 2.12. The Morgan fingerprint density at radius 1 is 1.58 bits per heavy atom. The lowest BCUT2D eigenvalue weighted by Crippen LogP contribution is -2.35. The first-order valence-electron chi connectivity index (χ1n) is 4.66. The minimum atomic E-state index is -0.869. The lowest BCUT2D eigenvalue weighted by atomic mass is 10.1. The summed E-state index contributed by atoms with van der Waals surface area (Å²) in [6, 6.07) is 0. The first-order chi connectivity index (χ1) is 5.70. The van der Waals surface area contributed by atoms with Crippen molar-refractivity contribution in [2.24, 2.45) is 5.92 Å². The molecule has 3 nitrogen and oxygen atoms in total. The molecule has 1 unspecified atom stereocenters. The van der Waals surface area contributed by atoms with Gasteiger partial charge < -0.3 is 10.4 Å². The molecule has 0 bridgehead atoms. The molecule has 0 aromatic carbocycles. The van der Waals surface area contributed by atoms with Crippen LogP contribution in [-0.4, -0.2) is 23.7 Å². The van der Waals surface area contributed by atoms with E-state index in [1.54, 1.807) is 0 Å². The molecular formula is C9H17NO2. The molecule has 1 aliphatic carbocycles. The molecule has 0 heterocycles. The van der Waals surface area contributed by atoms with Crippen molar-refractivity contribution >= 4 is 5.91 Å². The van der Waals surface area contributed by atoms with Crippen molar-refractivity contribution in [3.8, 4) is 0 Å². The number of hydrogen-bond donors (Lipinski definition) is 2. The SMILES string of the molecule is CC(O)C(=O)NCC1CCCC1. The fourth-order valence-electron chi connectivity index (χ4n) is 1.61. The zero-order valence-corrected chi connectivity index (χ0v) is 7.55. The minimum absolute atomic E-state index is 0.248. The summed E-state index contributed by atoms with van der Waals surface area (Å²) < 4.78 is 0. The van der Waals surface area contributed by atoms with Crippen LogP contribution in [0, 0.1) is 5.92 Å². The first kappa shape index (κ1) is 9.52. The average Bonchev–Trinajstić information content (AvgIpc) is 2.51. The second-order valence-corrected chi connectivity index (χ2v) is 3.57. The smallest absolute Gasteiger partial charge is 0.248 e. The molecule has 1 amide bonds. The predicted molar refractivity (Wildman–Crippen MR) is 46.6 cm³/mol. The summed E-state index contributed by atoms with van der Waals surface area (Å²) in [6.45, 7) is 2.23. The van der Waals surface area contributed by atoms with Crippen LogP contribution in [0.5, 0.6) is 0 Å². The summed E-state index contributed by atoms with van der Waals surface area (Å²) in [7, 11) is 0. The Morgan fingerprint density at radius 3 is 2.67 bits per heavy atom. The number of hydrogen-bond acceptors (Lipinski definition) is 2. The first-order valence-corrected chi connectivity index (χ1v) is 4.66. The highest BCUT2D eigenvalue weighted by atomic mass is 16.3. The van der Waals surface area contributed by atoms with Crippen LogP contribution in [0.4, 0.5) is 0 Å². The quantitative estimate of drug-likeness (QED) is 0.656. The van der Waals surface area contributed by atoms with Gasteiger partial charge in [-0.05, 0) is 25.7 Å². The number of amides is 1. The van der Waals surface area contributed by atoms with Crippen molar-refractivity contribution in [3.05, 3.63) is 0 Å². The van der Waals surface area contributed by atoms with Crippen molar-refractivity contribution < 1.29 is 9.90 Å². The second kappa shape index (κ2) is 4.45. The van der Waals surface area contributed by atoms with Crippen molar-refractivity contribution in [1.29, 1.82) is 0 Å². The average molecular weight is 171 g/mol. The molecule has 2 N–H and O–H groups in total. The largest absolute Gasteiger partial charge is 0.384 e. The van der Waals surface area contributed by atoms with Gasteiger partial charge >= 0.3 is 0 Å². The third kappa shape index (κ3) is 2.81. The standard InChI is InChI=1S/C9H17NO2/c1-7(11)9(12)10-6-8-4-2-3-5-8/h7-8,11H,2-6H2,1H3,(H,10,12). The van der Waals surface area contributed by atoms with Crippen LogP contribution in [0.1, 0.15) is 32.6 Å². The van der Waals surface area contributed by atoms with E-state index < -0.39 is 6.10 Å². The van der Waals surface area contributed by atoms with Gasteiger partial charge in [-0.3, -0.25) is 4.79 Å². The van der Waals surface area contributed by atoms with Gasteiger partial charge in [-0.15, -0.1) is 0 Å². The van der Waals surface area contributed by atoms with Gasteiger partial charge in [0.05, 0.1) is 0 Å². The maximum absolute atomic E-state index is 10.9. The number of carbonyl (C=O) groups excluding carboxylic acids is 1. The number of nitrogens with one attached hydrogen (secondary N) is 1. The summed E-state index contributed by atoms with van der Waals surface area (Å²) in [5.74, 6) is 0.398. The molecule has 0 spiro atoms. The number of carbonyl (C=O) groups is 1. The Kier molecular flexibility index (Phi) is 3.53. The third-order valence-electron chi connectivity index (χ3n) is 2.42. The van der Waals surface area contributed by atoms with E-state index in [0.717, 1.165) is 6.54 Å². The number of rotatable bonds is 3. The van der Waals surface area contributed by atoms with Crippen LogP contribution in [0.2, 0.25) is 0 Å². The molecule has 0 aromatic rings. The molecule has 0 saturated heterocycles. The van der Waals surface area contributed by atoms with E-state index in [1.807, 2.05) is 0 Å². The highest BCUT2D eigenvalue weighted by Gasteiger charge is 2.16. The van der Waals surface area contributed by atoms with Crippen molar-refractivity contribution in [2.75, 3.05) is 6.54 Å². The monoisotopic (exact) mass is 171 g/mol. The molecule has 1 aliphatic rings. The normalized spacial score (nSPS) is 20.8. The van der Waals surface area contributed by atoms with Crippen molar-refractivity contribution in [1.82, 2.24) is 5.32 Å². The number of aliphatic hydroxyl groups is 1. The van der Waals surface area contributed by atoms with Gasteiger partial charge in [0.25, 0.3) is 0 Å². The summed E-state index contributed by atoms with van der Waals surface area (Å²) in [4.78, 5) is 10.9. The lowest BCUT2D eigenvalue weighted by Gasteiger charge is -2.11. The van der Waals surface area contributed by atoms with E-state index in [-0.39, 0.29) is 5.91 Å². The summed E-state index contributed by atoms with van der Waals surface area (Å²) >= 11 is 0. The third-order valence-corrected chi connectivity index (χ3v) is 2.42. The summed E-state index contributed by atoms with van der Waals surface area (Å²) in [5, 5.41) is 11.6. The Morgan fingerprint density at radius 2 is 2.17 bits per heavy atom. The molecule has 1 atom stereocenters. The van der Waals surface area contributed by atoms with Crippen LogP contribution >= 0.6 is 0 Å². The van der Waals surface area contributed by atoms with Gasteiger partial charge in [-0.2, -0.15) is 0 Å². The van der Waals surface area contributed by atoms with Gasteiger partial charge in [0.1, 0.15) is 6.10 Å². The van der Waals surface area contributed by atoms with Crippen molar-refractivity contribution in [3.63, 3.8) is 0 Å². The maximum Gasteiger partial charge on any atom is 0.248 e. The highest BCUT2D eigenvalue weighted by Crippen LogP contribution is 2.23. The van der Waals surface area contributed by atoms with Gasteiger partial charge in [0, 0.05) is 6.54 Å². The van der Waals surface area contributed by atoms with E-state index in [4.69, 9.17) is 5.11 Å². The van der Waals surface area contributed by atoms with Crippen LogP contribution in [-0.2, 0) is 4.79 Å². The molecule has 0 radical (unpaired) electrons. The Labute approximate surface area is 73.2 Å². The molecule has 70 valence electrons. The summed E-state index contributed by atoms with van der Waals surface area (Å²) in [6.07, 6.45) is 4.15. The van der Waals surface area contributed by atoms with E-state index in [2.05, 4.69) is 5.32 Å². The zero-order chi connectivity index (χ0) is 8.97. The molecular weight excluding hydrogens is 154 g/mol. The second-order valence-electron chi connectivity index (χ2n) is 3.57. The molecule has 12 heavy (non-hydrogen) atoms. The van der Waals surface area contributed by atoms with E-state index in [0.29, 0.717) is 5.92 Å². The number of aliphatic hydroxyl groups excluding tert-OH is 1. The van der Waals surface area contributed by atoms with Crippen LogP contribution in [0.25, 0.3) is 0 Å². The van der Waals surface area contributed by atoms with Crippen LogP contribution in [0.15, 0.2) is 0 Å². The van der Waals surface area contributed by atoms with Crippen molar-refractivity contribution in [2.45, 2.75) is 38.7 Å². The lowest BCUT2D eigenvalue weighted by molar-refractivity contribution is -0.128. The fourth-order valence-corrected chi connectivity index (χ4v) is 1.61. The molecule has 1 rings (SSSR count). The zero-order valence-electron chi connectivity index (χ0n) is 7.55. The van der Waals surface area contributed by atoms with Gasteiger partial charge in [0.15, 0.2) is 0 Å². The van der Waals surface area contributed by atoms with E-state index in [1.165, 1.54) is 32.6 Å². The van der Waals surface area contributed by atoms with Gasteiger partial charge in [0.2, 0.25) is 5.91 Å². The molecule has 1 saturated carbocycles.